The van der Waals surface area contributed by atoms with Crippen molar-refractivity contribution in [3.05, 3.63) is 17.5 Å². The van der Waals surface area contributed by atoms with Gasteiger partial charge in [0, 0.05) is 5.41 Å². The summed E-state index contributed by atoms with van der Waals surface area (Å²) in [6.45, 7) is 5.54. The summed E-state index contributed by atoms with van der Waals surface area (Å²) in [7, 11) is -1.16. The average molecular weight is 230 g/mol. The highest BCUT2D eigenvalue weighted by Gasteiger charge is 2.23. The third-order valence-electron chi connectivity index (χ3n) is 1.82. The van der Waals surface area contributed by atoms with Gasteiger partial charge >= 0.3 is 0 Å². The molecular weight excluding hydrogens is 216 g/mol. The van der Waals surface area contributed by atoms with Crippen LogP contribution >= 0.6 is 11.3 Å². The first-order chi connectivity index (χ1) is 6.41. The average Bonchev–Trinajstić information content (AvgIpc) is 2.53. The van der Waals surface area contributed by atoms with E-state index in [4.69, 9.17) is 0 Å². The minimum absolute atomic E-state index is 0.0456. The quantitative estimate of drug-likeness (QED) is 0.799. The number of Topliss-reactive ketones (excluding diaryl/α,β-unsaturated/α-hetero) is 1. The van der Waals surface area contributed by atoms with Crippen molar-refractivity contribution in [2.45, 2.75) is 25.0 Å². The molecule has 0 amide bonds. The van der Waals surface area contributed by atoms with Crippen molar-refractivity contribution in [2.75, 3.05) is 5.75 Å². The molecule has 2 nitrogen and oxygen atoms in total. The standard InChI is InChI=1S/C10H14O2S2/c1-10(2,3)8(11)7-14(12)9-5-4-6-13-9/h4-6H,7H2,1-3H3. The normalized spacial score (nSPS) is 13.9. The van der Waals surface area contributed by atoms with E-state index >= 15 is 0 Å². The summed E-state index contributed by atoms with van der Waals surface area (Å²) in [5, 5.41) is 1.87. The van der Waals surface area contributed by atoms with Crippen molar-refractivity contribution >= 4 is 27.9 Å². The van der Waals surface area contributed by atoms with E-state index in [1.165, 1.54) is 11.3 Å². The van der Waals surface area contributed by atoms with Gasteiger partial charge in [-0.1, -0.05) is 26.8 Å². The van der Waals surface area contributed by atoms with E-state index in [9.17, 15) is 9.00 Å². The van der Waals surface area contributed by atoms with E-state index in [0.717, 1.165) is 4.21 Å². The lowest BCUT2D eigenvalue weighted by Gasteiger charge is -2.15. The molecule has 0 saturated heterocycles. The molecule has 0 fully saturated rings. The maximum absolute atomic E-state index is 11.7. The summed E-state index contributed by atoms with van der Waals surface area (Å²) in [6.07, 6.45) is 0. The van der Waals surface area contributed by atoms with Crippen molar-refractivity contribution in [1.82, 2.24) is 0 Å². The van der Waals surface area contributed by atoms with Gasteiger partial charge in [0.1, 0.15) is 0 Å². The highest BCUT2D eigenvalue weighted by Crippen LogP contribution is 2.19. The van der Waals surface area contributed by atoms with Crippen LogP contribution in [0.4, 0.5) is 0 Å². The van der Waals surface area contributed by atoms with Crippen LogP contribution in [0.1, 0.15) is 20.8 Å². The zero-order valence-electron chi connectivity index (χ0n) is 8.57. The van der Waals surface area contributed by atoms with Gasteiger partial charge in [-0.3, -0.25) is 9.00 Å². The first-order valence-corrected chi connectivity index (χ1v) is 6.56. The topological polar surface area (TPSA) is 34.1 Å². The Morgan fingerprint density at radius 3 is 2.57 bits per heavy atom. The summed E-state index contributed by atoms with van der Waals surface area (Å²) in [5.74, 6) is 0.175. The molecule has 1 unspecified atom stereocenters. The molecule has 14 heavy (non-hydrogen) atoms. The summed E-state index contributed by atoms with van der Waals surface area (Å²) < 4.78 is 12.4. The van der Waals surface area contributed by atoms with Crippen molar-refractivity contribution in [3.63, 3.8) is 0 Å². The zero-order chi connectivity index (χ0) is 10.8. The Morgan fingerprint density at radius 2 is 2.14 bits per heavy atom. The van der Waals surface area contributed by atoms with Crippen LogP contribution in [0, 0.1) is 5.41 Å². The Morgan fingerprint density at radius 1 is 1.50 bits per heavy atom. The van der Waals surface area contributed by atoms with Crippen molar-refractivity contribution in [1.29, 1.82) is 0 Å². The first kappa shape index (κ1) is 11.6. The second-order valence-electron chi connectivity index (χ2n) is 4.10. The summed E-state index contributed by atoms with van der Waals surface area (Å²) in [5.41, 5.74) is -0.396. The lowest BCUT2D eigenvalue weighted by Crippen LogP contribution is -2.25. The molecule has 0 aliphatic rings. The van der Waals surface area contributed by atoms with E-state index in [-0.39, 0.29) is 11.5 Å². The van der Waals surface area contributed by atoms with Crippen molar-refractivity contribution < 1.29 is 9.00 Å². The van der Waals surface area contributed by atoms with Crippen LogP contribution in [0.25, 0.3) is 0 Å². The van der Waals surface area contributed by atoms with Crippen LogP contribution in [0.15, 0.2) is 21.7 Å². The number of rotatable bonds is 3. The molecule has 1 heterocycles. The van der Waals surface area contributed by atoms with Crippen molar-refractivity contribution in [2.24, 2.45) is 5.41 Å². The Balaban J connectivity index is 2.63. The zero-order valence-corrected chi connectivity index (χ0v) is 10.2. The molecule has 0 aromatic carbocycles. The summed E-state index contributed by atoms with van der Waals surface area (Å²) >= 11 is 1.43. The highest BCUT2D eigenvalue weighted by molar-refractivity contribution is 7.88. The van der Waals surface area contributed by atoms with Crippen LogP contribution in [-0.4, -0.2) is 15.7 Å². The number of ketones is 1. The molecule has 0 aliphatic carbocycles. The molecule has 0 N–H and O–H groups in total. The lowest BCUT2D eigenvalue weighted by molar-refractivity contribution is -0.123. The molecule has 0 bridgehead atoms. The summed E-state index contributed by atoms with van der Waals surface area (Å²) in [6, 6.07) is 3.65. The van der Waals surface area contributed by atoms with Gasteiger partial charge in [0.05, 0.1) is 20.8 Å². The molecule has 1 aromatic heterocycles. The number of hydrogen-bond acceptors (Lipinski definition) is 3. The monoisotopic (exact) mass is 230 g/mol. The molecule has 1 aromatic rings. The number of thiophene rings is 1. The Bertz CT molecular complexity index is 334. The van der Waals surface area contributed by atoms with Crippen LogP contribution in [-0.2, 0) is 15.6 Å². The largest absolute Gasteiger partial charge is 0.298 e. The highest BCUT2D eigenvalue weighted by atomic mass is 32.2. The van der Waals surface area contributed by atoms with Gasteiger partial charge in [0.2, 0.25) is 0 Å². The fourth-order valence-corrected chi connectivity index (χ4v) is 3.06. The van der Waals surface area contributed by atoms with Crippen molar-refractivity contribution in [3.8, 4) is 0 Å². The number of hydrogen-bond donors (Lipinski definition) is 0. The van der Waals surface area contributed by atoms with E-state index in [2.05, 4.69) is 0 Å². The van der Waals surface area contributed by atoms with Gasteiger partial charge in [-0.2, -0.15) is 0 Å². The fraction of sp³-hybridized carbons (Fsp3) is 0.500. The minimum atomic E-state index is -1.16. The van der Waals surface area contributed by atoms with E-state index < -0.39 is 16.2 Å². The molecule has 1 atom stereocenters. The van der Waals surface area contributed by atoms with Gasteiger partial charge in [-0.15, -0.1) is 11.3 Å². The number of carbonyl (C=O) groups excluding carboxylic acids is 1. The molecule has 78 valence electrons. The Hall–Kier alpha value is -0.480. The minimum Gasteiger partial charge on any atom is -0.298 e. The van der Waals surface area contributed by atoms with Crippen LogP contribution in [0.3, 0.4) is 0 Å². The van der Waals surface area contributed by atoms with Gasteiger partial charge in [0.25, 0.3) is 0 Å². The molecule has 4 heteroatoms. The molecule has 1 rings (SSSR count). The van der Waals surface area contributed by atoms with Gasteiger partial charge in [-0.25, -0.2) is 0 Å². The first-order valence-electron chi connectivity index (χ1n) is 4.36. The molecular formula is C10H14O2S2. The van der Waals surface area contributed by atoms with Gasteiger partial charge in [-0.05, 0) is 11.4 Å². The maximum Gasteiger partial charge on any atom is 0.151 e. The second kappa shape index (κ2) is 4.36. The third kappa shape index (κ3) is 3.03. The predicted octanol–water partition coefficient (Wildman–Crippen LogP) is 2.47. The van der Waals surface area contributed by atoms with Crippen LogP contribution < -0.4 is 0 Å². The molecule has 0 spiro atoms. The Kier molecular flexibility index (Phi) is 3.61. The lowest BCUT2D eigenvalue weighted by atomic mass is 9.92. The van der Waals surface area contributed by atoms with E-state index in [0.29, 0.717) is 0 Å². The third-order valence-corrected chi connectivity index (χ3v) is 4.44. The smallest absolute Gasteiger partial charge is 0.151 e. The number of carbonyl (C=O) groups is 1. The fourth-order valence-electron chi connectivity index (χ4n) is 0.800. The molecule has 0 saturated carbocycles. The summed E-state index contributed by atoms with van der Waals surface area (Å²) in [4.78, 5) is 11.6. The predicted molar refractivity (Wildman–Crippen MR) is 60.1 cm³/mol. The van der Waals surface area contributed by atoms with Crippen LogP contribution in [0.5, 0.6) is 0 Å². The second-order valence-corrected chi connectivity index (χ2v) is 6.72. The van der Waals surface area contributed by atoms with E-state index in [1.54, 1.807) is 6.07 Å². The maximum atomic E-state index is 11.7. The Labute approximate surface area is 90.8 Å². The van der Waals surface area contributed by atoms with Gasteiger partial charge in [0.15, 0.2) is 5.78 Å². The molecule has 0 radical (unpaired) electrons. The van der Waals surface area contributed by atoms with Crippen LogP contribution in [0.2, 0.25) is 0 Å². The van der Waals surface area contributed by atoms with Gasteiger partial charge < -0.3 is 0 Å². The SMILES string of the molecule is CC(C)(C)C(=O)CS(=O)c1cccs1. The molecule has 0 aliphatic heterocycles. The van der Waals surface area contributed by atoms with E-state index in [1.807, 2.05) is 32.2 Å².